The molecule has 3 N–H and O–H groups in total. The predicted octanol–water partition coefficient (Wildman–Crippen LogP) is 2.89. The minimum Gasteiger partial charge on any atom is -0.492 e. The molecule has 0 saturated carbocycles. The van der Waals surface area contributed by atoms with E-state index in [2.05, 4.69) is 5.32 Å². The van der Waals surface area contributed by atoms with Crippen LogP contribution in [0, 0.1) is 13.8 Å². The lowest BCUT2D eigenvalue weighted by atomic mass is 10.1. The van der Waals surface area contributed by atoms with Gasteiger partial charge in [-0.25, -0.2) is 0 Å². The van der Waals surface area contributed by atoms with Gasteiger partial charge in [-0.3, -0.25) is 4.79 Å². The molecule has 110 valence electrons. The third-order valence-electron chi connectivity index (χ3n) is 3.11. The Kier molecular flexibility index (Phi) is 4.95. The third-order valence-corrected chi connectivity index (χ3v) is 3.11. The van der Waals surface area contributed by atoms with Crippen molar-refractivity contribution in [3.63, 3.8) is 0 Å². The lowest BCUT2D eigenvalue weighted by Gasteiger charge is -2.10. The number of hydrogen-bond acceptors (Lipinski definition) is 3. The number of rotatable bonds is 5. The third kappa shape index (κ3) is 4.07. The van der Waals surface area contributed by atoms with E-state index in [9.17, 15) is 4.79 Å². The van der Waals surface area contributed by atoms with Crippen molar-refractivity contribution >= 4 is 11.6 Å². The van der Waals surface area contributed by atoms with E-state index in [1.54, 1.807) is 6.07 Å². The van der Waals surface area contributed by atoms with Crippen LogP contribution in [0.2, 0.25) is 0 Å². The first-order valence-electron chi connectivity index (χ1n) is 6.91. The summed E-state index contributed by atoms with van der Waals surface area (Å²) in [6, 6.07) is 13.1. The average molecular weight is 284 g/mol. The molecule has 0 saturated heterocycles. The number of amides is 1. The molecule has 2 rings (SSSR count). The van der Waals surface area contributed by atoms with Crippen LogP contribution >= 0.6 is 0 Å². The zero-order valence-corrected chi connectivity index (χ0v) is 12.3. The van der Waals surface area contributed by atoms with E-state index in [0.717, 1.165) is 11.1 Å². The number of nitrogens with two attached hydrogens (primary N) is 1. The molecule has 0 spiro atoms. The maximum Gasteiger partial charge on any atom is 0.255 e. The van der Waals surface area contributed by atoms with Crippen molar-refractivity contribution in [1.82, 2.24) is 0 Å². The molecule has 1 amide bonds. The van der Waals surface area contributed by atoms with E-state index >= 15 is 0 Å². The Balaban J connectivity index is 2.12. The summed E-state index contributed by atoms with van der Waals surface area (Å²) >= 11 is 0. The van der Waals surface area contributed by atoms with Gasteiger partial charge in [-0.2, -0.15) is 0 Å². The van der Waals surface area contributed by atoms with Crippen molar-refractivity contribution < 1.29 is 9.53 Å². The quantitative estimate of drug-likeness (QED) is 0.887. The Labute approximate surface area is 124 Å². The van der Waals surface area contributed by atoms with Gasteiger partial charge in [0, 0.05) is 23.9 Å². The van der Waals surface area contributed by atoms with Crippen molar-refractivity contribution in [3.05, 3.63) is 59.2 Å². The minimum absolute atomic E-state index is 0.122. The van der Waals surface area contributed by atoms with E-state index in [0.29, 0.717) is 30.2 Å². The van der Waals surface area contributed by atoms with Crippen LogP contribution in [0.15, 0.2) is 42.5 Å². The Bertz CT molecular complexity index is 638. The van der Waals surface area contributed by atoms with E-state index in [-0.39, 0.29) is 5.91 Å². The smallest absolute Gasteiger partial charge is 0.255 e. The highest BCUT2D eigenvalue weighted by molar-refractivity contribution is 6.05. The maximum absolute atomic E-state index is 12.3. The highest BCUT2D eigenvalue weighted by Gasteiger charge is 2.09. The second kappa shape index (κ2) is 6.90. The van der Waals surface area contributed by atoms with Crippen molar-refractivity contribution in [3.8, 4) is 5.75 Å². The van der Waals surface area contributed by atoms with Crippen LogP contribution in [-0.2, 0) is 0 Å². The van der Waals surface area contributed by atoms with Gasteiger partial charge in [0.05, 0.1) is 0 Å². The predicted molar refractivity (Wildman–Crippen MR) is 84.9 cm³/mol. The summed E-state index contributed by atoms with van der Waals surface area (Å²) in [6.07, 6.45) is 0. The highest BCUT2D eigenvalue weighted by atomic mass is 16.5. The number of ether oxygens (including phenoxy) is 1. The number of aryl methyl sites for hydroxylation is 2. The highest BCUT2D eigenvalue weighted by Crippen LogP contribution is 2.19. The maximum atomic E-state index is 12.3. The Morgan fingerprint density at radius 2 is 2.00 bits per heavy atom. The zero-order chi connectivity index (χ0) is 15.2. The van der Waals surface area contributed by atoms with Crippen molar-refractivity contribution in [2.75, 3.05) is 18.5 Å². The summed E-state index contributed by atoms with van der Waals surface area (Å²) in [5.74, 6) is 0.572. The van der Waals surface area contributed by atoms with Gasteiger partial charge in [0.2, 0.25) is 0 Å². The molecule has 0 fully saturated rings. The minimum atomic E-state index is -0.122. The number of hydrogen-bond donors (Lipinski definition) is 2. The van der Waals surface area contributed by atoms with Crippen LogP contribution in [0.1, 0.15) is 21.5 Å². The van der Waals surface area contributed by atoms with Crippen LogP contribution in [0.25, 0.3) is 0 Å². The molecule has 0 aromatic heterocycles. The zero-order valence-electron chi connectivity index (χ0n) is 12.3. The largest absolute Gasteiger partial charge is 0.492 e. The first kappa shape index (κ1) is 15.1. The first-order valence-corrected chi connectivity index (χ1v) is 6.91. The van der Waals surface area contributed by atoms with Crippen LogP contribution in [0.4, 0.5) is 5.69 Å². The van der Waals surface area contributed by atoms with Crippen LogP contribution in [0.5, 0.6) is 5.75 Å². The molecular weight excluding hydrogens is 264 g/mol. The average Bonchev–Trinajstić information content (AvgIpc) is 2.45. The molecular formula is C17H20N2O2. The van der Waals surface area contributed by atoms with Gasteiger partial charge < -0.3 is 15.8 Å². The van der Waals surface area contributed by atoms with Crippen molar-refractivity contribution in [2.24, 2.45) is 5.73 Å². The Morgan fingerprint density at radius 3 is 2.71 bits per heavy atom. The van der Waals surface area contributed by atoms with Gasteiger partial charge in [-0.15, -0.1) is 0 Å². The lowest BCUT2D eigenvalue weighted by Crippen LogP contribution is -2.14. The summed E-state index contributed by atoms with van der Waals surface area (Å²) in [6.45, 7) is 4.85. The second-order valence-electron chi connectivity index (χ2n) is 4.94. The van der Waals surface area contributed by atoms with E-state index in [1.165, 1.54) is 0 Å². The molecule has 4 heteroatoms. The molecule has 21 heavy (non-hydrogen) atoms. The van der Waals surface area contributed by atoms with Gasteiger partial charge >= 0.3 is 0 Å². The van der Waals surface area contributed by atoms with Crippen LogP contribution < -0.4 is 15.8 Å². The summed E-state index contributed by atoms with van der Waals surface area (Å²) in [4.78, 5) is 12.3. The fraction of sp³-hybridized carbons (Fsp3) is 0.235. The standard InChI is InChI=1S/C17H20N2O2/c1-12-6-7-16(13(2)10-12)17(20)19-14-4-3-5-15(11-14)21-9-8-18/h3-7,10-11H,8-9,18H2,1-2H3,(H,19,20). The molecule has 4 nitrogen and oxygen atoms in total. The number of carbonyl (C=O) groups is 1. The Morgan fingerprint density at radius 1 is 1.19 bits per heavy atom. The molecule has 0 atom stereocenters. The fourth-order valence-electron chi connectivity index (χ4n) is 2.11. The summed E-state index contributed by atoms with van der Waals surface area (Å²) in [7, 11) is 0. The fourth-order valence-corrected chi connectivity index (χ4v) is 2.11. The van der Waals surface area contributed by atoms with Crippen LogP contribution in [0.3, 0.4) is 0 Å². The van der Waals surface area contributed by atoms with Gasteiger partial charge in [0.1, 0.15) is 12.4 Å². The molecule has 0 aliphatic heterocycles. The van der Waals surface area contributed by atoms with Crippen LogP contribution in [-0.4, -0.2) is 19.1 Å². The van der Waals surface area contributed by atoms with E-state index < -0.39 is 0 Å². The molecule has 0 bridgehead atoms. The summed E-state index contributed by atoms with van der Waals surface area (Å²) in [5, 5.41) is 2.89. The molecule has 0 heterocycles. The van der Waals surface area contributed by atoms with Crippen molar-refractivity contribution in [2.45, 2.75) is 13.8 Å². The number of carbonyl (C=O) groups excluding carboxylic acids is 1. The topological polar surface area (TPSA) is 64.3 Å². The molecule has 0 aliphatic rings. The monoisotopic (exact) mass is 284 g/mol. The second-order valence-corrected chi connectivity index (χ2v) is 4.94. The first-order chi connectivity index (χ1) is 10.1. The molecule has 2 aromatic rings. The summed E-state index contributed by atoms with van der Waals surface area (Å²) < 4.78 is 5.45. The molecule has 0 radical (unpaired) electrons. The number of benzene rings is 2. The van der Waals surface area contributed by atoms with Gasteiger partial charge in [-0.1, -0.05) is 23.8 Å². The van der Waals surface area contributed by atoms with Crippen molar-refractivity contribution in [1.29, 1.82) is 0 Å². The lowest BCUT2D eigenvalue weighted by molar-refractivity contribution is 0.102. The van der Waals surface area contributed by atoms with Gasteiger partial charge in [-0.05, 0) is 37.6 Å². The molecule has 0 aliphatic carbocycles. The van der Waals surface area contributed by atoms with Gasteiger partial charge in [0.25, 0.3) is 5.91 Å². The van der Waals surface area contributed by atoms with E-state index in [1.807, 2.05) is 50.2 Å². The summed E-state index contributed by atoms with van der Waals surface area (Å²) in [5.41, 5.74) is 8.88. The van der Waals surface area contributed by atoms with Gasteiger partial charge in [0.15, 0.2) is 0 Å². The SMILES string of the molecule is Cc1ccc(C(=O)Nc2cccc(OCCN)c2)c(C)c1. The van der Waals surface area contributed by atoms with E-state index in [4.69, 9.17) is 10.5 Å². The molecule has 2 aromatic carbocycles. The molecule has 0 unspecified atom stereocenters. The Hall–Kier alpha value is -2.33. The number of nitrogens with one attached hydrogen (secondary N) is 1. The normalized spacial score (nSPS) is 10.2. The number of anilines is 1.